The standard InChI is InChI=1S/C7H15B/c1-4-6(2)7(3)5-8/h6-7H,4-5H2,1-3H3. The fourth-order valence-corrected chi connectivity index (χ4v) is 0.635. The van der Waals surface area contributed by atoms with Crippen LogP contribution in [0.25, 0.3) is 0 Å². The molecule has 0 aliphatic heterocycles. The molecular weight excluding hydrogens is 94.9 g/mol. The molecule has 0 aromatic heterocycles. The molecule has 8 heavy (non-hydrogen) atoms. The molecule has 0 bridgehead atoms. The smallest absolute Gasteiger partial charge is 0.0656 e. The van der Waals surface area contributed by atoms with Gasteiger partial charge in [-0.05, 0) is 11.8 Å². The van der Waals surface area contributed by atoms with Crippen LogP contribution in [0.1, 0.15) is 27.2 Å². The topological polar surface area (TPSA) is 0 Å². The summed E-state index contributed by atoms with van der Waals surface area (Å²) in [5.41, 5.74) is 0. The highest BCUT2D eigenvalue weighted by Gasteiger charge is 2.05. The molecular formula is C7H15B. The quantitative estimate of drug-likeness (QED) is 0.488. The lowest BCUT2D eigenvalue weighted by Gasteiger charge is -2.15. The first-order valence-corrected chi connectivity index (χ1v) is 3.42. The summed E-state index contributed by atoms with van der Waals surface area (Å²) in [5, 5.41) is 0. The second-order valence-electron chi connectivity index (χ2n) is 2.60. The predicted octanol–water partition coefficient (Wildman–Crippen LogP) is 2.26. The van der Waals surface area contributed by atoms with E-state index in [-0.39, 0.29) is 0 Å². The summed E-state index contributed by atoms with van der Waals surface area (Å²) in [6.45, 7) is 6.66. The predicted molar refractivity (Wildman–Crippen MR) is 39.2 cm³/mol. The minimum atomic E-state index is 0.694. The largest absolute Gasteiger partial charge is 0.0859 e. The Bertz CT molecular complexity index is 44.3. The van der Waals surface area contributed by atoms with Gasteiger partial charge in [0.15, 0.2) is 0 Å². The lowest BCUT2D eigenvalue weighted by molar-refractivity contribution is 0.408. The maximum atomic E-state index is 5.45. The molecule has 0 rings (SSSR count). The Labute approximate surface area is 54.1 Å². The van der Waals surface area contributed by atoms with E-state index in [0.29, 0.717) is 5.92 Å². The zero-order valence-corrected chi connectivity index (χ0v) is 6.15. The van der Waals surface area contributed by atoms with E-state index in [9.17, 15) is 0 Å². The maximum Gasteiger partial charge on any atom is 0.0656 e. The van der Waals surface area contributed by atoms with Crippen molar-refractivity contribution in [3.63, 3.8) is 0 Å². The first-order valence-electron chi connectivity index (χ1n) is 3.42. The van der Waals surface area contributed by atoms with Crippen LogP contribution < -0.4 is 0 Å². The van der Waals surface area contributed by atoms with E-state index in [2.05, 4.69) is 20.8 Å². The van der Waals surface area contributed by atoms with Crippen molar-refractivity contribution in [2.45, 2.75) is 33.5 Å². The molecule has 0 saturated heterocycles. The van der Waals surface area contributed by atoms with E-state index in [4.69, 9.17) is 7.85 Å². The molecule has 0 spiro atoms. The fraction of sp³-hybridized carbons (Fsp3) is 1.00. The van der Waals surface area contributed by atoms with Crippen LogP contribution in [0, 0.1) is 11.8 Å². The van der Waals surface area contributed by atoms with E-state index in [1.54, 1.807) is 0 Å². The van der Waals surface area contributed by atoms with Crippen molar-refractivity contribution in [1.29, 1.82) is 0 Å². The van der Waals surface area contributed by atoms with Gasteiger partial charge in [0.25, 0.3) is 0 Å². The zero-order chi connectivity index (χ0) is 6.57. The second kappa shape index (κ2) is 4.00. The third-order valence-electron chi connectivity index (χ3n) is 1.99. The summed E-state index contributed by atoms with van der Waals surface area (Å²) < 4.78 is 0. The molecule has 0 aliphatic carbocycles. The number of hydrogen-bond donors (Lipinski definition) is 0. The molecule has 0 aromatic rings. The first kappa shape index (κ1) is 8.06. The van der Waals surface area contributed by atoms with Gasteiger partial charge < -0.3 is 0 Å². The number of hydrogen-bond acceptors (Lipinski definition) is 0. The first-order chi connectivity index (χ1) is 3.72. The van der Waals surface area contributed by atoms with E-state index in [0.717, 1.165) is 12.2 Å². The monoisotopic (exact) mass is 110 g/mol. The molecule has 0 amide bonds. The molecule has 0 heterocycles. The molecule has 0 aromatic carbocycles. The highest BCUT2D eigenvalue weighted by molar-refractivity contribution is 6.08. The SMILES string of the molecule is [B]CC(C)C(C)CC. The van der Waals surface area contributed by atoms with Gasteiger partial charge in [0.1, 0.15) is 0 Å². The van der Waals surface area contributed by atoms with Crippen molar-refractivity contribution in [1.82, 2.24) is 0 Å². The fourth-order valence-electron chi connectivity index (χ4n) is 0.635. The van der Waals surface area contributed by atoms with Gasteiger partial charge in [-0.1, -0.05) is 33.5 Å². The Morgan fingerprint density at radius 1 is 1.25 bits per heavy atom. The molecule has 0 saturated carbocycles. The summed E-state index contributed by atoms with van der Waals surface area (Å²) >= 11 is 0. The van der Waals surface area contributed by atoms with E-state index < -0.39 is 0 Å². The summed E-state index contributed by atoms with van der Waals surface area (Å²) in [4.78, 5) is 0. The summed E-state index contributed by atoms with van der Waals surface area (Å²) in [6, 6.07) is 0. The number of rotatable bonds is 3. The Balaban J connectivity index is 3.29. The molecule has 46 valence electrons. The van der Waals surface area contributed by atoms with Crippen LogP contribution in [-0.2, 0) is 0 Å². The Morgan fingerprint density at radius 3 is 1.88 bits per heavy atom. The van der Waals surface area contributed by atoms with E-state index >= 15 is 0 Å². The van der Waals surface area contributed by atoms with Gasteiger partial charge >= 0.3 is 0 Å². The van der Waals surface area contributed by atoms with E-state index in [1.165, 1.54) is 6.42 Å². The average Bonchev–Trinajstić information content (AvgIpc) is 1.84. The normalized spacial score (nSPS) is 17.9. The lowest BCUT2D eigenvalue weighted by Crippen LogP contribution is -2.05. The third kappa shape index (κ3) is 2.39. The van der Waals surface area contributed by atoms with Crippen LogP contribution >= 0.6 is 0 Å². The molecule has 2 unspecified atom stereocenters. The van der Waals surface area contributed by atoms with Crippen molar-refractivity contribution < 1.29 is 0 Å². The minimum Gasteiger partial charge on any atom is -0.0859 e. The van der Waals surface area contributed by atoms with Crippen LogP contribution in [0.2, 0.25) is 6.32 Å². The Hall–Kier alpha value is 0.0649. The summed E-state index contributed by atoms with van der Waals surface area (Å²) in [5.74, 6) is 1.49. The molecule has 0 N–H and O–H groups in total. The van der Waals surface area contributed by atoms with Gasteiger partial charge in [0.05, 0.1) is 7.85 Å². The van der Waals surface area contributed by atoms with Gasteiger partial charge in [0.2, 0.25) is 0 Å². The zero-order valence-electron chi connectivity index (χ0n) is 6.15. The van der Waals surface area contributed by atoms with Crippen molar-refractivity contribution >= 4 is 7.85 Å². The van der Waals surface area contributed by atoms with Crippen LogP contribution in [0.15, 0.2) is 0 Å². The molecule has 2 atom stereocenters. The van der Waals surface area contributed by atoms with E-state index in [1.807, 2.05) is 0 Å². The summed E-state index contributed by atoms with van der Waals surface area (Å²) in [7, 11) is 5.45. The molecule has 0 fully saturated rings. The van der Waals surface area contributed by atoms with Crippen molar-refractivity contribution in [3.05, 3.63) is 0 Å². The average molecular weight is 110 g/mol. The van der Waals surface area contributed by atoms with Crippen molar-refractivity contribution in [2.75, 3.05) is 0 Å². The van der Waals surface area contributed by atoms with Gasteiger partial charge in [-0.25, -0.2) is 0 Å². The highest BCUT2D eigenvalue weighted by Crippen LogP contribution is 2.16. The van der Waals surface area contributed by atoms with Crippen LogP contribution in [-0.4, -0.2) is 7.85 Å². The molecule has 0 aliphatic rings. The van der Waals surface area contributed by atoms with Gasteiger partial charge in [-0.2, -0.15) is 0 Å². The Morgan fingerprint density at radius 2 is 1.75 bits per heavy atom. The van der Waals surface area contributed by atoms with Crippen molar-refractivity contribution in [2.24, 2.45) is 11.8 Å². The molecule has 1 heteroatoms. The van der Waals surface area contributed by atoms with Crippen molar-refractivity contribution in [3.8, 4) is 0 Å². The van der Waals surface area contributed by atoms with Gasteiger partial charge in [-0.3, -0.25) is 0 Å². The summed E-state index contributed by atoms with van der Waals surface area (Å²) in [6.07, 6.45) is 2.08. The Kier molecular flexibility index (Phi) is 4.03. The molecule has 0 nitrogen and oxygen atoms in total. The maximum absolute atomic E-state index is 5.45. The third-order valence-corrected chi connectivity index (χ3v) is 1.99. The van der Waals surface area contributed by atoms with Gasteiger partial charge in [0, 0.05) is 0 Å². The second-order valence-corrected chi connectivity index (χ2v) is 2.60. The molecule has 2 radical (unpaired) electrons. The van der Waals surface area contributed by atoms with Crippen LogP contribution in [0.4, 0.5) is 0 Å². The minimum absolute atomic E-state index is 0.694. The van der Waals surface area contributed by atoms with Crippen LogP contribution in [0.3, 0.4) is 0 Å². The highest BCUT2D eigenvalue weighted by atomic mass is 14.1. The van der Waals surface area contributed by atoms with Gasteiger partial charge in [-0.15, -0.1) is 0 Å². The van der Waals surface area contributed by atoms with Crippen LogP contribution in [0.5, 0.6) is 0 Å². The lowest BCUT2D eigenvalue weighted by atomic mass is 9.83.